The van der Waals surface area contributed by atoms with Gasteiger partial charge in [0.25, 0.3) is 0 Å². The molecule has 2 rings (SSSR count). The number of para-hydroxylation sites is 1. The van der Waals surface area contributed by atoms with E-state index in [4.69, 9.17) is 4.42 Å². The summed E-state index contributed by atoms with van der Waals surface area (Å²) in [4.78, 5) is 12.0. The molecule has 0 aliphatic heterocycles. The van der Waals surface area contributed by atoms with E-state index in [0.29, 0.717) is 0 Å². The molecule has 0 saturated heterocycles. The Kier molecular flexibility index (Phi) is 2.90. The number of rotatable bonds is 3. The molecule has 0 unspecified atom stereocenters. The van der Waals surface area contributed by atoms with Crippen LogP contribution in [0.2, 0.25) is 0 Å². The van der Waals surface area contributed by atoms with Crippen LogP contribution in [0.15, 0.2) is 34.9 Å². The second kappa shape index (κ2) is 4.22. The Balaban J connectivity index is 2.48. The van der Waals surface area contributed by atoms with Crippen LogP contribution in [0.25, 0.3) is 11.0 Å². The van der Waals surface area contributed by atoms with Gasteiger partial charge in [-0.05, 0) is 19.9 Å². The van der Waals surface area contributed by atoms with E-state index < -0.39 is 5.41 Å². The summed E-state index contributed by atoms with van der Waals surface area (Å²) < 4.78 is 5.46. The van der Waals surface area contributed by atoms with E-state index >= 15 is 0 Å². The lowest BCUT2D eigenvalue weighted by Crippen LogP contribution is -2.45. The summed E-state index contributed by atoms with van der Waals surface area (Å²) in [5.74, 6) is -0.0912. The smallest absolute Gasteiger partial charge is 0.244 e. The molecule has 0 saturated carbocycles. The third-order valence-corrected chi connectivity index (χ3v) is 2.96. The molecule has 0 atom stereocenters. The van der Waals surface area contributed by atoms with Crippen molar-refractivity contribution in [2.24, 2.45) is 0 Å². The average molecular weight is 232 g/mol. The number of hydrogen-bond acceptors (Lipinski definition) is 3. The summed E-state index contributed by atoms with van der Waals surface area (Å²) in [5.41, 5.74) is 6.31. The predicted octanol–water partition coefficient (Wildman–Crippen LogP) is 1.96. The number of hydrogen-bond donors (Lipinski definition) is 2. The summed E-state index contributed by atoms with van der Waals surface area (Å²) >= 11 is 0. The van der Waals surface area contributed by atoms with Crippen molar-refractivity contribution in [3.63, 3.8) is 0 Å². The monoisotopic (exact) mass is 232 g/mol. The molecule has 1 amide bonds. The van der Waals surface area contributed by atoms with E-state index in [1.165, 1.54) is 0 Å². The Hall–Kier alpha value is -1.81. The third kappa shape index (κ3) is 1.91. The molecule has 17 heavy (non-hydrogen) atoms. The second-order valence-corrected chi connectivity index (χ2v) is 4.47. The van der Waals surface area contributed by atoms with E-state index in [2.05, 4.69) is 10.9 Å². The Labute approximate surface area is 100.0 Å². The number of carbonyl (C=O) groups is 1. The summed E-state index contributed by atoms with van der Waals surface area (Å²) in [6, 6.07) is 7.71. The zero-order valence-electron chi connectivity index (χ0n) is 10.2. The highest BCUT2D eigenvalue weighted by Gasteiger charge is 2.32. The van der Waals surface area contributed by atoms with Crippen molar-refractivity contribution in [3.05, 3.63) is 36.1 Å². The number of carbonyl (C=O) groups excluding carboxylic acids is 1. The fourth-order valence-corrected chi connectivity index (χ4v) is 1.85. The fourth-order valence-electron chi connectivity index (χ4n) is 1.85. The zero-order valence-corrected chi connectivity index (χ0v) is 10.2. The molecule has 0 spiro atoms. The van der Waals surface area contributed by atoms with Crippen LogP contribution < -0.4 is 10.9 Å². The van der Waals surface area contributed by atoms with Gasteiger partial charge in [-0.15, -0.1) is 0 Å². The molecule has 1 aromatic carbocycles. The highest BCUT2D eigenvalue weighted by atomic mass is 16.3. The van der Waals surface area contributed by atoms with Gasteiger partial charge in [0.15, 0.2) is 0 Å². The average Bonchev–Trinajstić information content (AvgIpc) is 2.73. The number of amides is 1. The quantitative estimate of drug-likeness (QED) is 0.795. The first-order chi connectivity index (χ1) is 8.07. The fraction of sp³-hybridized carbons (Fsp3) is 0.308. The van der Waals surface area contributed by atoms with Crippen molar-refractivity contribution < 1.29 is 9.21 Å². The summed E-state index contributed by atoms with van der Waals surface area (Å²) in [6.07, 6.45) is 1.65. The first-order valence-corrected chi connectivity index (χ1v) is 5.51. The number of hydrazine groups is 1. The number of fused-ring (bicyclic) bond motifs is 1. The van der Waals surface area contributed by atoms with Gasteiger partial charge in [0.05, 0.1) is 11.7 Å². The summed E-state index contributed by atoms with van der Waals surface area (Å²) in [5, 5.41) is 0.976. The van der Waals surface area contributed by atoms with Gasteiger partial charge in [-0.3, -0.25) is 10.2 Å². The molecular weight excluding hydrogens is 216 g/mol. The lowest BCUT2D eigenvalue weighted by Gasteiger charge is -2.22. The van der Waals surface area contributed by atoms with Crippen molar-refractivity contribution in [1.82, 2.24) is 10.9 Å². The summed E-state index contributed by atoms with van der Waals surface area (Å²) in [7, 11) is 1.67. The molecule has 0 radical (unpaired) electrons. The van der Waals surface area contributed by atoms with Crippen molar-refractivity contribution in [1.29, 1.82) is 0 Å². The number of nitrogens with one attached hydrogen (secondary N) is 2. The van der Waals surface area contributed by atoms with Gasteiger partial charge < -0.3 is 4.42 Å². The maximum atomic E-state index is 12.0. The third-order valence-electron chi connectivity index (χ3n) is 2.96. The van der Waals surface area contributed by atoms with Crippen molar-refractivity contribution in [2.45, 2.75) is 19.3 Å². The van der Waals surface area contributed by atoms with Crippen LogP contribution in [0, 0.1) is 0 Å². The van der Waals surface area contributed by atoms with E-state index in [1.807, 2.05) is 38.1 Å². The zero-order chi connectivity index (χ0) is 12.5. The van der Waals surface area contributed by atoms with Crippen LogP contribution in [0.1, 0.15) is 19.4 Å². The van der Waals surface area contributed by atoms with Gasteiger partial charge in [0.2, 0.25) is 5.91 Å². The van der Waals surface area contributed by atoms with Crippen LogP contribution in [0.5, 0.6) is 0 Å². The highest BCUT2D eigenvalue weighted by Crippen LogP contribution is 2.31. The number of furan rings is 1. The van der Waals surface area contributed by atoms with Crippen LogP contribution >= 0.6 is 0 Å². The topological polar surface area (TPSA) is 54.3 Å². The van der Waals surface area contributed by atoms with Crippen LogP contribution in [-0.4, -0.2) is 13.0 Å². The lowest BCUT2D eigenvalue weighted by molar-refractivity contribution is -0.126. The summed E-state index contributed by atoms with van der Waals surface area (Å²) in [6.45, 7) is 3.74. The number of benzene rings is 1. The minimum atomic E-state index is -0.643. The molecule has 0 aliphatic rings. The largest absolute Gasteiger partial charge is 0.464 e. The van der Waals surface area contributed by atoms with Crippen molar-refractivity contribution >= 4 is 16.9 Å². The van der Waals surface area contributed by atoms with Gasteiger partial charge in [0, 0.05) is 18.0 Å². The Bertz CT molecular complexity index is 543. The molecule has 2 aromatic rings. The van der Waals surface area contributed by atoms with Crippen LogP contribution in [-0.2, 0) is 10.2 Å². The second-order valence-electron chi connectivity index (χ2n) is 4.47. The molecule has 0 aliphatic carbocycles. The molecule has 0 bridgehead atoms. The molecule has 1 aromatic heterocycles. The van der Waals surface area contributed by atoms with E-state index in [-0.39, 0.29) is 5.91 Å². The normalized spacial score (nSPS) is 11.7. The Morgan fingerprint density at radius 3 is 2.71 bits per heavy atom. The van der Waals surface area contributed by atoms with E-state index in [9.17, 15) is 4.79 Å². The van der Waals surface area contributed by atoms with Crippen molar-refractivity contribution in [2.75, 3.05) is 7.05 Å². The SMILES string of the molecule is CNNC(=O)C(C)(C)c1coc2ccccc12. The van der Waals surface area contributed by atoms with Crippen LogP contribution in [0.4, 0.5) is 0 Å². The maximum Gasteiger partial charge on any atom is 0.244 e. The van der Waals surface area contributed by atoms with E-state index in [1.54, 1.807) is 13.3 Å². The molecule has 4 nitrogen and oxygen atoms in total. The van der Waals surface area contributed by atoms with E-state index in [0.717, 1.165) is 16.5 Å². The molecule has 1 heterocycles. The molecule has 2 N–H and O–H groups in total. The van der Waals surface area contributed by atoms with Gasteiger partial charge in [-0.25, -0.2) is 5.43 Å². The van der Waals surface area contributed by atoms with Gasteiger partial charge in [-0.2, -0.15) is 0 Å². The first-order valence-electron chi connectivity index (χ1n) is 5.51. The standard InChI is InChI=1S/C13H16N2O2/c1-13(2,12(16)15-14-3)10-8-17-11-7-5-4-6-9(10)11/h4-8,14H,1-3H3,(H,15,16). The molecular formula is C13H16N2O2. The lowest BCUT2D eigenvalue weighted by atomic mass is 9.84. The minimum Gasteiger partial charge on any atom is -0.464 e. The maximum absolute atomic E-state index is 12.0. The Morgan fingerprint density at radius 1 is 1.29 bits per heavy atom. The predicted molar refractivity (Wildman–Crippen MR) is 66.4 cm³/mol. The molecule has 90 valence electrons. The highest BCUT2D eigenvalue weighted by molar-refractivity contribution is 5.93. The Morgan fingerprint density at radius 2 is 2.00 bits per heavy atom. The minimum absolute atomic E-state index is 0.0912. The first kappa shape index (κ1) is 11.7. The van der Waals surface area contributed by atoms with Gasteiger partial charge >= 0.3 is 0 Å². The molecule has 0 fully saturated rings. The molecule has 4 heteroatoms. The van der Waals surface area contributed by atoms with Crippen molar-refractivity contribution in [3.8, 4) is 0 Å². The van der Waals surface area contributed by atoms with Gasteiger partial charge in [0.1, 0.15) is 5.58 Å². The van der Waals surface area contributed by atoms with Gasteiger partial charge in [-0.1, -0.05) is 18.2 Å². The van der Waals surface area contributed by atoms with Crippen LogP contribution in [0.3, 0.4) is 0 Å².